The Kier molecular flexibility index (Phi) is 4.74. The fourth-order valence-corrected chi connectivity index (χ4v) is 2.24. The second-order valence-electron chi connectivity index (χ2n) is 4.48. The minimum absolute atomic E-state index is 0.108. The van der Waals surface area contributed by atoms with E-state index in [9.17, 15) is 9.18 Å². The van der Waals surface area contributed by atoms with Gasteiger partial charge >= 0.3 is 0 Å². The standard InChI is InChI=1S/C16H15ClFNO/c1-2-13(11-6-4-3-5-7-11)16(20)19-15-10-12(17)8-9-14(15)18/h3-10,13H,2H2,1H3,(H,19,20). The third kappa shape index (κ3) is 3.36. The van der Waals surface area contributed by atoms with Crippen LogP contribution in [0.2, 0.25) is 5.02 Å². The van der Waals surface area contributed by atoms with E-state index in [0.29, 0.717) is 11.4 Å². The zero-order valence-corrected chi connectivity index (χ0v) is 11.8. The number of hydrogen-bond donors (Lipinski definition) is 1. The van der Waals surface area contributed by atoms with E-state index in [1.54, 1.807) is 0 Å². The Morgan fingerprint density at radius 2 is 1.95 bits per heavy atom. The van der Waals surface area contributed by atoms with Crippen molar-refractivity contribution in [2.75, 3.05) is 5.32 Å². The first-order valence-corrected chi connectivity index (χ1v) is 6.80. The summed E-state index contributed by atoms with van der Waals surface area (Å²) >= 11 is 5.81. The zero-order valence-electron chi connectivity index (χ0n) is 11.1. The van der Waals surface area contributed by atoms with E-state index >= 15 is 0 Å². The van der Waals surface area contributed by atoms with E-state index in [1.807, 2.05) is 37.3 Å². The van der Waals surface area contributed by atoms with Crippen LogP contribution in [-0.2, 0) is 4.79 Å². The number of amides is 1. The van der Waals surface area contributed by atoms with Gasteiger partial charge in [0.25, 0.3) is 0 Å². The molecular weight excluding hydrogens is 277 g/mol. The quantitative estimate of drug-likeness (QED) is 0.875. The van der Waals surface area contributed by atoms with Gasteiger partial charge < -0.3 is 5.32 Å². The molecule has 0 saturated heterocycles. The van der Waals surface area contributed by atoms with Crippen molar-refractivity contribution < 1.29 is 9.18 Å². The third-order valence-electron chi connectivity index (χ3n) is 3.11. The van der Waals surface area contributed by atoms with Gasteiger partial charge in [0.15, 0.2) is 0 Å². The zero-order chi connectivity index (χ0) is 14.5. The summed E-state index contributed by atoms with van der Waals surface area (Å²) in [6, 6.07) is 13.5. The smallest absolute Gasteiger partial charge is 0.231 e. The number of hydrogen-bond acceptors (Lipinski definition) is 1. The number of carbonyl (C=O) groups is 1. The summed E-state index contributed by atoms with van der Waals surface area (Å²) in [6.07, 6.45) is 0.637. The number of carbonyl (C=O) groups excluding carboxylic acids is 1. The Hall–Kier alpha value is -1.87. The summed E-state index contributed by atoms with van der Waals surface area (Å²) in [4.78, 5) is 12.3. The molecule has 1 atom stereocenters. The fourth-order valence-electron chi connectivity index (χ4n) is 2.07. The van der Waals surface area contributed by atoms with Crippen LogP contribution in [0.3, 0.4) is 0 Å². The highest BCUT2D eigenvalue weighted by atomic mass is 35.5. The van der Waals surface area contributed by atoms with E-state index in [-0.39, 0.29) is 17.5 Å². The lowest BCUT2D eigenvalue weighted by atomic mass is 9.95. The van der Waals surface area contributed by atoms with Crippen LogP contribution in [0.15, 0.2) is 48.5 Å². The van der Waals surface area contributed by atoms with E-state index in [0.717, 1.165) is 5.56 Å². The first-order chi connectivity index (χ1) is 9.61. The predicted molar refractivity (Wildman–Crippen MR) is 79.5 cm³/mol. The van der Waals surface area contributed by atoms with Crippen molar-refractivity contribution in [3.05, 3.63) is 64.9 Å². The number of nitrogens with one attached hydrogen (secondary N) is 1. The number of benzene rings is 2. The molecule has 0 aliphatic heterocycles. The SMILES string of the molecule is CCC(C(=O)Nc1cc(Cl)ccc1F)c1ccccc1. The Morgan fingerprint density at radius 3 is 2.60 bits per heavy atom. The first kappa shape index (κ1) is 14.5. The molecule has 1 amide bonds. The van der Waals surface area contributed by atoms with Gasteiger partial charge in [-0.3, -0.25) is 4.79 Å². The summed E-state index contributed by atoms with van der Waals surface area (Å²) in [6.45, 7) is 1.92. The largest absolute Gasteiger partial charge is 0.323 e. The van der Waals surface area contributed by atoms with Crippen LogP contribution in [0, 0.1) is 5.82 Å². The van der Waals surface area contributed by atoms with E-state index in [4.69, 9.17) is 11.6 Å². The van der Waals surface area contributed by atoms with Crippen molar-refractivity contribution in [1.29, 1.82) is 0 Å². The van der Waals surface area contributed by atoms with Gasteiger partial charge in [0, 0.05) is 5.02 Å². The molecule has 4 heteroatoms. The summed E-state index contributed by atoms with van der Waals surface area (Å²) in [5.41, 5.74) is 1.02. The molecule has 0 bridgehead atoms. The maximum atomic E-state index is 13.6. The summed E-state index contributed by atoms with van der Waals surface area (Å²) in [5.74, 6) is -1.04. The molecule has 104 valence electrons. The topological polar surface area (TPSA) is 29.1 Å². The van der Waals surface area contributed by atoms with Gasteiger partial charge in [-0.2, -0.15) is 0 Å². The number of halogens is 2. The van der Waals surface area contributed by atoms with Gasteiger partial charge in [0.1, 0.15) is 5.82 Å². The van der Waals surface area contributed by atoms with Crippen LogP contribution in [0.5, 0.6) is 0 Å². The minimum atomic E-state index is -0.495. The predicted octanol–water partition coefficient (Wildman–Crippen LogP) is 4.61. The van der Waals surface area contributed by atoms with Crippen LogP contribution >= 0.6 is 11.6 Å². The lowest BCUT2D eigenvalue weighted by molar-refractivity contribution is -0.117. The second-order valence-corrected chi connectivity index (χ2v) is 4.92. The van der Waals surface area contributed by atoms with Crippen molar-refractivity contribution in [2.24, 2.45) is 0 Å². The van der Waals surface area contributed by atoms with Crippen molar-refractivity contribution in [3.8, 4) is 0 Å². The molecule has 2 aromatic carbocycles. The Labute approximate surface area is 122 Å². The van der Waals surface area contributed by atoms with Crippen LogP contribution in [0.1, 0.15) is 24.8 Å². The molecule has 20 heavy (non-hydrogen) atoms. The van der Waals surface area contributed by atoms with Crippen LogP contribution in [-0.4, -0.2) is 5.91 Å². The average Bonchev–Trinajstić information content (AvgIpc) is 2.45. The maximum absolute atomic E-state index is 13.6. The molecule has 0 fully saturated rings. The molecule has 0 aromatic heterocycles. The van der Waals surface area contributed by atoms with Crippen LogP contribution in [0.4, 0.5) is 10.1 Å². The van der Waals surface area contributed by atoms with Crippen LogP contribution < -0.4 is 5.32 Å². The molecule has 2 rings (SSSR count). The van der Waals surface area contributed by atoms with Gasteiger partial charge in [-0.1, -0.05) is 48.9 Å². The Balaban J connectivity index is 2.20. The molecule has 0 aliphatic rings. The molecule has 1 unspecified atom stereocenters. The number of anilines is 1. The summed E-state index contributed by atoms with van der Waals surface area (Å²) in [5, 5.41) is 2.99. The second kappa shape index (κ2) is 6.53. The van der Waals surface area contributed by atoms with Gasteiger partial charge in [-0.05, 0) is 30.2 Å². The normalized spacial score (nSPS) is 11.9. The molecule has 2 nitrogen and oxygen atoms in total. The van der Waals surface area contributed by atoms with E-state index in [1.165, 1.54) is 18.2 Å². The molecule has 0 aliphatic carbocycles. The molecule has 0 saturated carbocycles. The van der Waals surface area contributed by atoms with E-state index in [2.05, 4.69) is 5.32 Å². The third-order valence-corrected chi connectivity index (χ3v) is 3.35. The van der Waals surface area contributed by atoms with Crippen molar-refractivity contribution in [2.45, 2.75) is 19.3 Å². The summed E-state index contributed by atoms with van der Waals surface area (Å²) in [7, 11) is 0. The molecular formula is C16H15ClFNO. The van der Waals surface area contributed by atoms with Crippen LogP contribution in [0.25, 0.3) is 0 Å². The first-order valence-electron chi connectivity index (χ1n) is 6.42. The minimum Gasteiger partial charge on any atom is -0.323 e. The van der Waals surface area contributed by atoms with Gasteiger partial charge in [0.05, 0.1) is 11.6 Å². The monoisotopic (exact) mass is 291 g/mol. The molecule has 0 radical (unpaired) electrons. The fraction of sp³-hybridized carbons (Fsp3) is 0.188. The highest BCUT2D eigenvalue weighted by Gasteiger charge is 2.19. The molecule has 2 aromatic rings. The average molecular weight is 292 g/mol. The van der Waals surface area contributed by atoms with Crippen molar-refractivity contribution >= 4 is 23.2 Å². The lowest BCUT2D eigenvalue weighted by Crippen LogP contribution is -2.21. The highest BCUT2D eigenvalue weighted by Crippen LogP contribution is 2.24. The Bertz CT molecular complexity index is 601. The van der Waals surface area contributed by atoms with Gasteiger partial charge in [-0.15, -0.1) is 0 Å². The summed E-state index contributed by atoms with van der Waals surface area (Å²) < 4.78 is 13.6. The molecule has 1 N–H and O–H groups in total. The maximum Gasteiger partial charge on any atom is 0.231 e. The number of rotatable bonds is 4. The molecule has 0 spiro atoms. The Morgan fingerprint density at radius 1 is 1.25 bits per heavy atom. The van der Waals surface area contributed by atoms with Gasteiger partial charge in [-0.25, -0.2) is 4.39 Å². The molecule has 0 heterocycles. The lowest BCUT2D eigenvalue weighted by Gasteiger charge is -2.15. The van der Waals surface area contributed by atoms with Gasteiger partial charge in [0.2, 0.25) is 5.91 Å². The highest BCUT2D eigenvalue weighted by molar-refractivity contribution is 6.30. The van der Waals surface area contributed by atoms with Crippen molar-refractivity contribution in [1.82, 2.24) is 0 Å². The van der Waals surface area contributed by atoms with Crippen molar-refractivity contribution in [3.63, 3.8) is 0 Å². The van der Waals surface area contributed by atoms with E-state index < -0.39 is 5.82 Å².